The van der Waals surface area contributed by atoms with Crippen molar-refractivity contribution in [3.05, 3.63) is 80.8 Å². The van der Waals surface area contributed by atoms with E-state index in [9.17, 15) is 14.7 Å². The van der Waals surface area contributed by atoms with Gasteiger partial charge in [0.1, 0.15) is 0 Å². The van der Waals surface area contributed by atoms with Crippen molar-refractivity contribution in [1.82, 2.24) is 5.32 Å². The molecule has 164 valence electrons. The van der Waals surface area contributed by atoms with E-state index in [1.54, 1.807) is 6.07 Å². The lowest BCUT2D eigenvalue weighted by atomic mass is 10.0. The molecular weight excluding hydrogens is 451 g/mol. The molecule has 1 aliphatic heterocycles. The minimum absolute atomic E-state index is 0.0308. The molecule has 0 aliphatic carbocycles. The number of fused-ring (bicyclic) bond motifs is 2. The van der Waals surface area contributed by atoms with E-state index < -0.39 is 5.97 Å². The van der Waals surface area contributed by atoms with Gasteiger partial charge < -0.3 is 20.5 Å². The van der Waals surface area contributed by atoms with Crippen LogP contribution >= 0.6 is 23.2 Å². The predicted octanol–water partition coefficient (Wildman–Crippen LogP) is 6.08. The molecule has 0 atom stereocenters. The molecule has 32 heavy (non-hydrogen) atoms. The number of nitrogens with one attached hydrogen (secondary N) is 2. The number of carbonyl (C=O) groups is 2. The molecule has 1 aliphatic rings. The highest BCUT2D eigenvalue weighted by Gasteiger charge is 2.25. The lowest BCUT2D eigenvalue weighted by Gasteiger charge is -2.24. The first kappa shape index (κ1) is 22.0. The van der Waals surface area contributed by atoms with Crippen LogP contribution in [0.4, 0.5) is 11.4 Å². The van der Waals surface area contributed by atoms with Crippen molar-refractivity contribution in [2.45, 2.75) is 19.3 Å². The third-order valence-electron chi connectivity index (χ3n) is 5.26. The molecule has 0 bridgehead atoms. The number of rotatable bonds is 6. The maximum Gasteiger partial charge on any atom is 0.337 e. The van der Waals surface area contributed by atoms with Gasteiger partial charge in [0.05, 0.1) is 27.0 Å². The number of carbonyl (C=O) groups excluding carboxylic acids is 1. The molecule has 8 heteroatoms. The fraction of sp³-hybridized carbons (Fsp3) is 0.167. The van der Waals surface area contributed by atoms with Crippen molar-refractivity contribution in [3.8, 4) is 11.5 Å². The minimum Gasteiger partial charge on any atom is -0.478 e. The number of carboxylic acids is 1. The Hall–Kier alpha value is -3.22. The second-order valence-electron chi connectivity index (χ2n) is 7.44. The highest BCUT2D eigenvalue weighted by molar-refractivity contribution is 6.42. The fourth-order valence-corrected chi connectivity index (χ4v) is 3.95. The number of carboxylic acid groups (broad SMARTS) is 1. The van der Waals surface area contributed by atoms with Gasteiger partial charge in [-0.1, -0.05) is 35.3 Å². The summed E-state index contributed by atoms with van der Waals surface area (Å²) in [5.74, 6) is -0.675. The third-order valence-corrected chi connectivity index (χ3v) is 6.00. The molecule has 0 saturated heterocycles. The van der Waals surface area contributed by atoms with E-state index in [0.29, 0.717) is 32.9 Å². The second kappa shape index (κ2) is 9.10. The number of hydrogen-bond acceptors (Lipinski definition) is 4. The SMILES string of the molecule is CNC(=O)c1cc2c(c(C(=O)O)c1)Nc1cc(CCCc3ccc(Cl)c(Cl)c3)ccc1O2. The van der Waals surface area contributed by atoms with Crippen LogP contribution in [-0.4, -0.2) is 24.0 Å². The van der Waals surface area contributed by atoms with Crippen molar-refractivity contribution in [2.24, 2.45) is 0 Å². The van der Waals surface area contributed by atoms with Crippen LogP contribution in [-0.2, 0) is 12.8 Å². The highest BCUT2D eigenvalue weighted by Crippen LogP contribution is 2.44. The zero-order valence-corrected chi connectivity index (χ0v) is 18.7. The zero-order valence-electron chi connectivity index (χ0n) is 17.2. The van der Waals surface area contributed by atoms with E-state index >= 15 is 0 Å². The van der Waals surface area contributed by atoms with Gasteiger partial charge in [0.2, 0.25) is 0 Å². The number of aryl methyl sites for hydroxylation is 2. The number of aromatic carboxylic acids is 1. The van der Waals surface area contributed by atoms with Gasteiger partial charge >= 0.3 is 5.97 Å². The zero-order chi connectivity index (χ0) is 22.8. The Labute approximate surface area is 195 Å². The van der Waals surface area contributed by atoms with Crippen LogP contribution in [0.5, 0.6) is 11.5 Å². The molecule has 0 radical (unpaired) electrons. The molecule has 0 fully saturated rings. The average molecular weight is 471 g/mol. The van der Waals surface area contributed by atoms with Crippen LogP contribution in [0.15, 0.2) is 48.5 Å². The number of amides is 1. The van der Waals surface area contributed by atoms with E-state index in [2.05, 4.69) is 10.6 Å². The number of anilines is 2. The lowest BCUT2D eigenvalue weighted by Crippen LogP contribution is -2.19. The van der Waals surface area contributed by atoms with Crippen LogP contribution in [0.1, 0.15) is 38.3 Å². The maximum absolute atomic E-state index is 12.0. The van der Waals surface area contributed by atoms with Gasteiger partial charge in [-0.2, -0.15) is 0 Å². The Morgan fingerprint density at radius 2 is 1.69 bits per heavy atom. The Balaban J connectivity index is 1.52. The van der Waals surface area contributed by atoms with Crippen LogP contribution in [0.2, 0.25) is 10.0 Å². The summed E-state index contributed by atoms with van der Waals surface area (Å²) in [5, 5.41) is 16.4. The first-order valence-corrected chi connectivity index (χ1v) is 10.8. The highest BCUT2D eigenvalue weighted by atomic mass is 35.5. The van der Waals surface area contributed by atoms with Gasteiger partial charge in [-0.25, -0.2) is 4.79 Å². The van der Waals surface area contributed by atoms with Crippen molar-refractivity contribution in [1.29, 1.82) is 0 Å². The Bertz CT molecular complexity index is 1230. The summed E-state index contributed by atoms with van der Waals surface area (Å²) in [6.45, 7) is 0. The molecule has 3 aromatic rings. The molecule has 0 aromatic heterocycles. The molecule has 6 nitrogen and oxygen atoms in total. The molecule has 1 heterocycles. The molecule has 1 amide bonds. The molecule has 3 N–H and O–H groups in total. The van der Waals surface area contributed by atoms with Gasteiger partial charge in [0, 0.05) is 12.6 Å². The molecule has 0 unspecified atom stereocenters. The topological polar surface area (TPSA) is 87.7 Å². The fourth-order valence-electron chi connectivity index (χ4n) is 3.63. The minimum atomic E-state index is -1.15. The van der Waals surface area contributed by atoms with Gasteiger partial charge in [-0.15, -0.1) is 0 Å². The summed E-state index contributed by atoms with van der Waals surface area (Å²) < 4.78 is 5.92. The van der Waals surface area contributed by atoms with E-state index in [1.165, 1.54) is 19.2 Å². The van der Waals surface area contributed by atoms with Gasteiger partial charge in [-0.3, -0.25) is 4.79 Å². The van der Waals surface area contributed by atoms with E-state index in [1.807, 2.05) is 30.3 Å². The first-order chi connectivity index (χ1) is 15.4. The summed E-state index contributed by atoms with van der Waals surface area (Å²) in [6.07, 6.45) is 2.58. The van der Waals surface area contributed by atoms with E-state index in [4.69, 9.17) is 27.9 Å². The smallest absolute Gasteiger partial charge is 0.337 e. The predicted molar refractivity (Wildman–Crippen MR) is 125 cm³/mol. The number of benzene rings is 3. The number of halogens is 2. The normalized spacial score (nSPS) is 11.6. The molecule has 0 saturated carbocycles. The van der Waals surface area contributed by atoms with Crippen LogP contribution in [0.3, 0.4) is 0 Å². The summed E-state index contributed by atoms with van der Waals surface area (Å²) in [6, 6.07) is 14.3. The van der Waals surface area contributed by atoms with Gasteiger partial charge in [-0.05, 0) is 66.8 Å². The summed E-state index contributed by atoms with van der Waals surface area (Å²) in [4.78, 5) is 23.8. The summed E-state index contributed by atoms with van der Waals surface area (Å²) in [5.41, 5.74) is 3.39. The van der Waals surface area contributed by atoms with E-state index in [0.717, 1.165) is 30.4 Å². The van der Waals surface area contributed by atoms with Crippen molar-refractivity contribution >= 4 is 46.5 Å². The Morgan fingerprint density at radius 3 is 2.38 bits per heavy atom. The first-order valence-electron chi connectivity index (χ1n) is 10.0. The molecule has 3 aromatic carbocycles. The van der Waals surface area contributed by atoms with Crippen molar-refractivity contribution < 1.29 is 19.4 Å². The van der Waals surface area contributed by atoms with Crippen LogP contribution in [0, 0.1) is 0 Å². The van der Waals surface area contributed by atoms with Crippen LogP contribution in [0.25, 0.3) is 0 Å². The largest absolute Gasteiger partial charge is 0.478 e. The second-order valence-corrected chi connectivity index (χ2v) is 8.26. The Kier molecular flexibility index (Phi) is 6.26. The summed E-state index contributed by atoms with van der Waals surface area (Å²) in [7, 11) is 1.49. The van der Waals surface area contributed by atoms with Crippen molar-refractivity contribution in [2.75, 3.05) is 12.4 Å². The maximum atomic E-state index is 12.0. The monoisotopic (exact) mass is 470 g/mol. The molecular formula is C24H20Cl2N2O4. The lowest BCUT2D eigenvalue weighted by molar-refractivity contribution is 0.0697. The molecule has 0 spiro atoms. The van der Waals surface area contributed by atoms with Crippen LogP contribution < -0.4 is 15.4 Å². The number of hydrogen-bond donors (Lipinski definition) is 3. The van der Waals surface area contributed by atoms with Gasteiger partial charge in [0.15, 0.2) is 11.5 Å². The standard InChI is InChI=1S/C24H20Cl2N2O4/c1-27-23(29)15-11-16(24(30)31)22-21(12-15)32-20-8-6-14(10-19(20)28-22)4-2-3-13-5-7-17(25)18(26)9-13/h5-12,28H,2-4H2,1H3,(H,27,29)(H,30,31). The van der Waals surface area contributed by atoms with Gasteiger partial charge in [0.25, 0.3) is 5.91 Å². The Morgan fingerprint density at radius 1 is 0.969 bits per heavy atom. The van der Waals surface area contributed by atoms with E-state index in [-0.39, 0.29) is 17.0 Å². The molecule has 4 rings (SSSR count). The number of ether oxygens (including phenoxy) is 1. The third kappa shape index (κ3) is 4.52. The quantitative estimate of drug-likeness (QED) is 0.318. The van der Waals surface area contributed by atoms with Crippen molar-refractivity contribution in [3.63, 3.8) is 0 Å². The average Bonchev–Trinajstić information content (AvgIpc) is 2.78. The summed E-state index contributed by atoms with van der Waals surface area (Å²) >= 11 is 12.1.